The molecule has 0 unspecified atom stereocenters. The van der Waals surface area contributed by atoms with E-state index in [0.29, 0.717) is 0 Å². The Hall–Kier alpha value is -1.11. The molecule has 1 heteroatoms. The molecule has 0 atom stereocenters. The van der Waals surface area contributed by atoms with Crippen molar-refractivity contribution in [2.24, 2.45) is 0 Å². The number of hydrogen-bond acceptors (Lipinski definition) is 1. The zero-order valence-electron chi connectivity index (χ0n) is 14.9. The smallest absolute Gasteiger partial charge is 0.126 e. The number of rotatable bonds is 0. The lowest BCUT2D eigenvalue weighted by Crippen LogP contribution is -1.71. The van der Waals surface area contributed by atoms with E-state index in [9.17, 15) is 4.79 Å². The molecule has 19 heavy (non-hydrogen) atoms. The molecule has 0 heterocycles. The predicted octanol–water partition coefficient (Wildman–Crippen LogP) is 6.37. The molecule has 0 aromatic heterocycles. The summed E-state index contributed by atoms with van der Waals surface area (Å²) in [5.41, 5.74) is 2.68. The molecule has 1 aromatic carbocycles. The minimum absolute atomic E-state index is 0.167. The molecular formula is C18H36O. The van der Waals surface area contributed by atoms with Crippen molar-refractivity contribution in [2.75, 3.05) is 0 Å². The standard InChI is InChI=1S/C8H10.C3H6O.C3H8.2C2H6/c1-7-4-3-5-8(2)6-7;1-3(2)4;1-3-2;2*1-2/h3-6H,1-2H3;1-2H3;3H2,1-2H3;2*1-2H3. The van der Waals surface area contributed by atoms with Gasteiger partial charge >= 0.3 is 0 Å². The Morgan fingerprint density at radius 2 is 1.11 bits per heavy atom. The Kier molecular flexibility index (Phi) is 35.7. The first kappa shape index (κ1) is 26.5. The second-order valence-corrected chi connectivity index (χ2v) is 3.77. The van der Waals surface area contributed by atoms with Crippen LogP contribution in [0.15, 0.2) is 24.3 Å². The van der Waals surface area contributed by atoms with Gasteiger partial charge < -0.3 is 4.79 Å². The van der Waals surface area contributed by atoms with Crippen molar-refractivity contribution >= 4 is 5.78 Å². The van der Waals surface area contributed by atoms with Crippen LogP contribution in [0, 0.1) is 13.8 Å². The average molecular weight is 268 g/mol. The SMILES string of the molecule is CC.CC.CC(C)=O.CCC.Cc1cccc(C)c1. The Morgan fingerprint density at radius 3 is 1.21 bits per heavy atom. The highest BCUT2D eigenvalue weighted by molar-refractivity contribution is 5.72. The van der Waals surface area contributed by atoms with Crippen LogP contribution in [0.1, 0.15) is 72.9 Å². The van der Waals surface area contributed by atoms with Crippen LogP contribution in [0.2, 0.25) is 0 Å². The van der Waals surface area contributed by atoms with E-state index in [1.54, 1.807) is 0 Å². The lowest BCUT2D eigenvalue weighted by molar-refractivity contribution is -0.114. The molecule has 0 radical (unpaired) electrons. The van der Waals surface area contributed by atoms with Crippen molar-refractivity contribution in [1.82, 2.24) is 0 Å². The van der Waals surface area contributed by atoms with Gasteiger partial charge in [-0.15, -0.1) is 0 Å². The predicted molar refractivity (Wildman–Crippen MR) is 90.9 cm³/mol. The zero-order valence-corrected chi connectivity index (χ0v) is 14.9. The number of aryl methyl sites for hydroxylation is 2. The largest absolute Gasteiger partial charge is 0.300 e. The van der Waals surface area contributed by atoms with Gasteiger partial charge in [0.15, 0.2) is 0 Å². The van der Waals surface area contributed by atoms with Gasteiger partial charge in [-0.2, -0.15) is 0 Å². The lowest BCUT2D eigenvalue weighted by Gasteiger charge is -1.90. The molecule has 1 nitrogen and oxygen atoms in total. The molecule has 0 saturated carbocycles. The fourth-order valence-electron chi connectivity index (χ4n) is 0.807. The first-order chi connectivity index (χ1) is 8.93. The monoisotopic (exact) mass is 268 g/mol. The highest BCUT2D eigenvalue weighted by Crippen LogP contribution is 2.00. The molecule has 0 aliphatic rings. The second kappa shape index (κ2) is 25.7. The van der Waals surface area contributed by atoms with Crippen molar-refractivity contribution in [3.8, 4) is 0 Å². The summed E-state index contributed by atoms with van der Waals surface area (Å²) in [5.74, 6) is 0.167. The third-order valence-corrected chi connectivity index (χ3v) is 1.17. The van der Waals surface area contributed by atoms with Crippen LogP contribution in [-0.4, -0.2) is 5.78 Å². The normalized spacial score (nSPS) is 6.84. The summed E-state index contributed by atoms with van der Waals surface area (Å²) in [6.45, 7) is 19.5. The van der Waals surface area contributed by atoms with E-state index in [1.165, 1.54) is 31.4 Å². The van der Waals surface area contributed by atoms with E-state index in [-0.39, 0.29) is 5.78 Å². The van der Waals surface area contributed by atoms with Crippen LogP contribution in [-0.2, 0) is 4.79 Å². The Morgan fingerprint density at radius 1 is 0.895 bits per heavy atom. The molecule has 0 fully saturated rings. The number of carbonyl (C=O) groups is 1. The summed E-state index contributed by atoms with van der Waals surface area (Å²) in [7, 11) is 0. The molecule has 0 spiro atoms. The molecule has 0 amide bonds. The minimum atomic E-state index is 0.167. The van der Waals surface area contributed by atoms with Gasteiger partial charge in [0.25, 0.3) is 0 Å². The van der Waals surface area contributed by atoms with Crippen molar-refractivity contribution < 1.29 is 4.79 Å². The first-order valence-electron chi connectivity index (χ1n) is 7.44. The van der Waals surface area contributed by atoms with Crippen LogP contribution >= 0.6 is 0 Å². The summed E-state index contributed by atoms with van der Waals surface area (Å²) in [5, 5.41) is 0. The van der Waals surface area contributed by atoms with E-state index in [1.807, 2.05) is 27.7 Å². The highest BCUT2D eigenvalue weighted by Gasteiger charge is 1.80. The Labute approximate surface area is 122 Å². The van der Waals surface area contributed by atoms with Crippen molar-refractivity contribution in [1.29, 1.82) is 0 Å². The second-order valence-electron chi connectivity index (χ2n) is 3.77. The molecule has 1 rings (SSSR count). The van der Waals surface area contributed by atoms with Gasteiger partial charge in [0, 0.05) is 0 Å². The molecule has 114 valence electrons. The van der Waals surface area contributed by atoms with Gasteiger partial charge in [-0.1, -0.05) is 83.4 Å². The number of hydrogen-bond donors (Lipinski definition) is 0. The van der Waals surface area contributed by atoms with Crippen LogP contribution in [0.3, 0.4) is 0 Å². The highest BCUT2D eigenvalue weighted by atomic mass is 16.1. The van der Waals surface area contributed by atoms with Crippen molar-refractivity contribution in [3.63, 3.8) is 0 Å². The van der Waals surface area contributed by atoms with Gasteiger partial charge in [-0.25, -0.2) is 0 Å². The lowest BCUT2D eigenvalue weighted by atomic mass is 10.2. The zero-order chi connectivity index (χ0) is 16.3. The summed E-state index contributed by atoms with van der Waals surface area (Å²) in [6.07, 6.45) is 1.25. The van der Waals surface area contributed by atoms with Crippen molar-refractivity contribution in [2.45, 2.75) is 75.7 Å². The maximum absolute atomic E-state index is 9.44. The molecule has 0 saturated heterocycles. The number of benzene rings is 1. The van der Waals surface area contributed by atoms with E-state index in [0.717, 1.165) is 0 Å². The third kappa shape index (κ3) is 47.4. The topological polar surface area (TPSA) is 17.1 Å². The Bertz CT molecular complexity index is 243. The van der Waals surface area contributed by atoms with Crippen LogP contribution in [0.4, 0.5) is 0 Å². The summed E-state index contributed by atoms with van der Waals surface area (Å²) in [4.78, 5) is 9.44. The van der Waals surface area contributed by atoms with Crippen molar-refractivity contribution in [3.05, 3.63) is 35.4 Å². The van der Waals surface area contributed by atoms with Crippen LogP contribution in [0.25, 0.3) is 0 Å². The summed E-state index contributed by atoms with van der Waals surface area (Å²) >= 11 is 0. The quantitative estimate of drug-likeness (QED) is 0.534. The number of Topliss-reactive ketones (excluding diaryl/α,β-unsaturated/α-hetero) is 1. The first-order valence-corrected chi connectivity index (χ1v) is 7.44. The van der Waals surface area contributed by atoms with E-state index >= 15 is 0 Å². The molecular weight excluding hydrogens is 232 g/mol. The number of carbonyl (C=O) groups excluding carboxylic acids is 1. The Balaban J connectivity index is -0.0000000877. The summed E-state index contributed by atoms with van der Waals surface area (Å²) < 4.78 is 0. The molecule has 0 aliphatic heterocycles. The third-order valence-electron chi connectivity index (χ3n) is 1.17. The van der Waals surface area contributed by atoms with Crippen LogP contribution in [0.5, 0.6) is 0 Å². The average Bonchev–Trinajstić information content (AvgIpc) is 2.34. The molecule has 0 aliphatic carbocycles. The molecule has 0 N–H and O–H groups in total. The maximum Gasteiger partial charge on any atom is 0.126 e. The van der Waals surface area contributed by atoms with E-state index in [4.69, 9.17) is 0 Å². The fourth-order valence-corrected chi connectivity index (χ4v) is 0.807. The summed E-state index contributed by atoms with van der Waals surface area (Å²) in [6, 6.07) is 8.45. The van der Waals surface area contributed by atoms with E-state index in [2.05, 4.69) is 52.0 Å². The van der Waals surface area contributed by atoms with Crippen LogP contribution < -0.4 is 0 Å². The molecule has 1 aromatic rings. The maximum atomic E-state index is 9.44. The van der Waals surface area contributed by atoms with E-state index < -0.39 is 0 Å². The van der Waals surface area contributed by atoms with Gasteiger partial charge in [-0.3, -0.25) is 0 Å². The fraction of sp³-hybridized carbons (Fsp3) is 0.611. The van der Waals surface area contributed by atoms with Gasteiger partial charge in [0.1, 0.15) is 5.78 Å². The number of ketones is 1. The van der Waals surface area contributed by atoms with Gasteiger partial charge in [0.2, 0.25) is 0 Å². The van der Waals surface area contributed by atoms with Gasteiger partial charge in [-0.05, 0) is 27.7 Å². The van der Waals surface area contributed by atoms with Gasteiger partial charge in [0.05, 0.1) is 0 Å². The minimum Gasteiger partial charge on any atom is -0.300 e. The molecule has 0 bridgehead atoms.